The van der Waals surface area contributed by atoms with E-state index in [1.807, 2.05) is 13.8 Å². The van der Waals surface area contributed by atoms with E-state index in [0.29, 0.717) is 5.82 Å². The molecule has 0 amide bonds. The second-order valence-electron chi connectivity index (χ2n) is 3.78. The van der Waals surface area contributed by atoms with Crippen LogP contribution in [0.4, 0.5) is 11.6 Å². The summed E-state index contributed by atoms with van der Waals surface area (Å²) in [6.45, 7) is 3.88. The lowest BCUT2D eigenvalue weighted by atomic mass is 10.2. The Hall–Kier alpha value is -1.40. The number of aryl methyl sites for hydroxylation is 1. The van der Waals surface area contributed by atoms with Crippen LogP contribution < -0.4 is 10.6 Å². The molecule has 0 saturated carbocycles. The Bertz CT molecular complexity index is 371. The molecule has 1 rings (SSSR count). The van der Waals surface area contributed by atoms with Crippen molar-refractivity contribution in [3.8, 4) is 0 Å². The Kier molecular flexibility index (Phi) is 5.11. The first-order chi connectivity index (χ1) is 8.12. The highest BCUT2D eigenvalue weighted by Crippen LogP contribution is 2.19. The average molecular weight is 240 g/mol. The molecule has 1 aromatic heterocycles. The number of hydrogen-bond donors (Lipinski definition) is 4. The molecular formula is C11H20N4O2. The fourth-order valence-electron chi connectivity index (χ4n) is 1.42. The third kappa shape index (κ3) is 3.54. The van der Waals surface area contributed by atoms with Crippen molar-refractivity contribution >= 4 is 11.6 Å². The summed E-state index contributed by atoms with van der Waals surface area (Å²) in [5.41, 5.74) is 0.898. The van der Waals surface area contributed by atoms with Crippen LogP contribution in [-0.4, -0.2) is 46.5 Å². The normalized spacial score (nSPS) is 12.3. The molecule has 0 spiro atoms. The smallest absolute Gasteiger partial charge is 0.134 e. The molecule has 17 heavy (non-hydrogen) atoms. The number of anilines is 2. The zero-order chi connectivity index (χ0) is 12.8. The van der Waals surface area contributed by atoms with E-state index < -0.39 is 6.10 Å². The van der Waals surface area contributed by atoms with Gasteiger partial charge in [-0.3, -0.25) is 0 Å². The molecule has 0 radical (unpaired) electrons. The fourth-order valence-corrected chi connectivity index (χ4v) is 1.42. The molecule has 6 heteroatoms. The van der Waals surface area contributed by atoms with E-state index in [2.05, 4.69) is 20.6 Å². The maximum atomic E-state index is 9.29. The van der Waals surface area contributed by atoms with E-state index in [-0.39, 0.29) is 13.2 Å². The van der Waals surface area contributed by atoms with Crippen LogP contribution in [0.3, 0.4) is 0 Å². The van der Waals surface area contributed by atoms with E-state index in [0.717, 1.165) is 23.6 Å². The van der Waals surface area contributed by atoms with Gasteiger partial charge < -0.3 is 20.8 Å². The van der Waals surface area contributed by atoms with Crippen LogP contribution in [0.2, 0.25) is 0 Å². The largest absolute Gasteiger partial charge is 0.394 e. The van der Waals surface area contributed by atoms with E-state index in [1.165, 1.54) is 0 Å². The summed E-state index contributed by atoms with van der Waals surface area (Å²) in [6, 6.07) is 0. The van der Waals surface area contributed by atoms with Gasteiger partial charge in [-0.2, -0.15) is 0 Å². The Morgan fingerprint density at radius 1 is 1.29 bits per heavy atom. The highest BCUT2D eigenvalue weighted by atomic mass is 16.3. The molecule has 0 fully saturated rings. The number of nitrogens with zero attached hydrogens (tertiary/aromatic N) is 2. The van der Waals surface area contributed by atoms with Gasteiger partial charge in [-0.1, -0.05) is 6.92 Å². The van der Waals surface area contributed by atoms with Crippen LogP contribution >= 0.6 is 0 Å². The topological polar surface area (TPSA) is 90.3 Å². The standard InChI is InChI=1S/C11H20N4O2/c1-4-9-14-10(12-3)7(2)11(15-9)13-5-8(17)6-16/h8,16-17H,4-6H2,1-3H3,(H2,12,13,14,15). The van der Waals surface area contributed by atoms with Gasteiger partial charge in [-0.25, -0.2) is 9.97 Å². The molecule has 0 aliphatic carbocycles. The monoisotopic (exact) mass is 240 g/mol. The van der Waals surface area contributed by atoms with E-state index >= 15 is 0 Å². The average Bonchev–Trinajstić information content (AvgIpc) is 2.37. The Balaban J connectivity index is 2.89. The van der Waals surface area contributed by atoms with Crippen LogP contribution in [0.25, 0.3) is 0 Å². The minimum absolute atomic E-state index is 0.265. The van der Waals surface area contributed by atoms with Gasteiger partial charge in [0.15, 0.2) is 0 Å². The van der Waals surface area contributed by atoms with Crippen molar-refractivity contribution in [2.75, 3.05) is 30.8 Å². The van der Waals surface area contributed by atoms with E-state index in [9.17, 15) is 5.11 Å². The predicted molar refractivity (Wildman–Crippen MR) is 67.3 cm³/mol. The molecule has 0 aromatic carbocycles. The summed E-state index contributed by atoms with van der Waals surface area (Å²) >= 11 is 0. The SMILES string of the molecule is CCc1nc(NC)c(C)c(NCC(O)CO)n1. The fraction of sp³-hybridized carbons (Fsp3) is 0.636. The number of hydrogen-bond acceptors (Lipinski definition) is 6. The molecule has 1 atom stereocenters. The molecule has 1 unspecified atom stereocenters. The van der Waals surface area contributed by atoms with Crippen LogP contribution in [0.1, 0.15) is 18.3 Å². The van der Waals surface area contributed by atoms with Gasteiger partial charge in [-0.05, 0) is 6.92 Å². The molecule has 1 heterocycles. The third-order valence-electron chi connectivity index (χ3n) is 2.46. The molecule has 0 bridgehead atoms. The van der Waals surface area contributed by atoms with Crippen molar-refractivity contribution < 1.29 is 10.2 Å². The van der Waals surface area contributed by atoms with Crippen molar-refractivity contribution in [3.63, 3.8) is 0 Å². The lowest BCUT2D eigenvalue weighted by Gasteiger charge is -2.14. The summed E-state index contributed by atoms with van der Waals surface area (Å²) in [6.07, 6.45) is -0.0425. The van der Waals surface area contributed by atoms with Gasteiger partial charge in [0.1, 0.15) is 17.5 Å². The van der Waals surface area contributed by atoms with Crippen LogP contribution in [0.15, 0.2) is 0 Å². The van der Waals surface area contributed by atoms with Crippen molar-refractivity contribution in [1.29, 1.82) is 0 Å². The van der Waals surface area contributed by atoms with E-state index in [1.54, 1.807) is 7.05 Å². The highest BCUT2D eigenvalue weighted by molar-refractivity contribution is 5.57. The third-order valence-corrected chi connectivity index (χ3v) is 2.46. The summed E-state index contributed by atoms with van der Waals surface area (Å²) in [7, 11) is 1.81. The number of rotatable bonds is 6. The van der Waals surface area contributed by atoms with Crippen molar-refractivity contribution in [2.24, 2.45) is 0 Å². The molecule has 96 valence electrons. The molecule has 0 aliphatic rings. The Morgan fingerprint density at radius 2 is 1.94 bits per heavy atom. The van der Waals surface area contributed by atoms with Gasteiger partial charge in [0.25, 0.3) is 0 Å². The first-order valence-corrected chi connectivity index (χ1v) is 5.70. The van der Waals surface area contributed by atoms with Crippen LogP contribution in [-0.2, 0) is 6.42 Å². The van der Waals surface area contributed by atoms with Gasteiger partial charge in [0.2, 0.25) is 0 Å². The molecule has 0 saturated heterocycles. The Morgan fingerprint density at radius 3 is 2.47 bits per heavy atom. The summed E-state index contributed by atoms with van der Waals surface area (Å²) in [5, 5.41) is 24.1. The maximum Gasteiger partial charge on any atom is 0.134 e. The second kappa shape index (κ2) is 6.36. The predicted octanol–water partition coefficient (Wildman–Crippen LogP) is 0.154. The molecule has 6 nitrogen and oxygen atoms in total. The van der Waals surface area contributed by atoms with Crippen molar-refractivity contribution in [2.45, 2.75) is 26.4 Å². The number of aromatic nitrogens is 2. The molecular weight excluding hydrogens is 220 g/mol. The molecule has 1 aromatic rings. The maximum absolute atomic E-state index is 9.29. The minimum Gasteiger partial charge on any atom is -0.394 e. The number of nitrogens with one attached hydrogen (secondary N) is 2. The minimum atomic E-state index is -0.785. The first-order valence-electron chi connectivity index (χ1n) is 5.70. The van der Waals surface area contributed by atoms with Crippen LogP contribution in [0, 0.1) is 6.92 Å². The summed E-state index contributed by atoms with van der Waals surface area (Å²) < 4.78 is 0. The Labute approximate surface area is 101 Å². The molecule has 0 aliphatic heterocycles. The lowest BCUT2D eigenvalue weighted by molar-refractivity contribution is 0.105. The quantitative estimate of drug-likeness (QED) is 0.566. The van der Waals surface area contributed by atoms with Gasteiger partial charge >= 0.3 is 0 Å². The van der Waals surface area contributed by atoms with Gasteiger partial charge in [0.05, 0.1) is 12.7 Å². The number of aliphatic hydroxyl groups is 2. The first kappa shape index (κ1) is 13.7. The van der Waals surface area contributed by atoms with Gasteiger partial charge in [0, 0.05) is 25.6 Å². The number of aliphatic hydroxyl groups excluding tert-OH is 2. The van der Waals surface area contributed by atoms with Gasteiger partial charge in [-0.15, -0.1) is 0 Å². The summed E-state index contributed by atoms with van der Waals surface area (Å²) in [4.78, 5) is 8.69. The van der Waals surface area contributed by atoms with Crippen LogP contribution in [0.5, 0.6) is 0 Å². The van der Waals surface area contributed by atoms with E-state index in [4.69, 9.17) is 5.11 Å². The molecule has 4 N–H and O–H groups in total. The lowest BCUT2D eigenvalue weighted by Crippen LogP contribution is -2.24. The second-order valence-corrected chi connectivity index (χ2v) is 3.78. The zero-order valence-corrected chi connectivity index (χ0v) is 10.5. The summed E-state index contributed by atoms with van der Waals surface area (Å²) in [5.74, 6) is 2.20. The zero-order valence-electron chi connectivity index (χ0n) is 10.5. The van der Waals surface area contributed by atoms with Crippen molar-refractivity contribution in [3.05, 3.63) is 11.4 Å². The highest BCUT2D eigenvalue weighted by Gasteiger charge is 2.10. The van der Waals surface area contributed by atoms with Crippen molar-refractivity contribution in [1.82, 2.24) is 9.97 Å².